The second-order valence-electron chi connectivity index (χ2n) is 3.98. The van der Waals surface area contributed by atoms with Crippen LogP contribution in [-0.4, -0.2) is 18.1 Å². The van der Waals surface area contributed by atoms with Crippen molar-refractivity contribution in [2.45, 2.75) is 16.8 Å². The first-order valence-corrected chi connectivity index (χ1v) is 6.52. The second-order valence-corrected chi connectivity index (χ2v) is 5.08. The van der Waals surface area contributed by atoms with Crippen molar-refractivity contribution < 1.29 is 18.3 Å². The fraction of sp³-hybridized carbons (Fsp3) is 0.143. The van der Waals surface area contributed by atoms with Crippen LogP contribution in [0.4, 0.5) is 8.78 Å². The summed E-state index contributed by atoms with van der Waals surface area (Å²) in [6.45, 7) is 1.74. The summed E-state index contributed by atoms with van der Waals surface area (Å²) >= 11 is 1.14. The number of benzene rings is 1. The standard InChI is InChI=1S/C14H11F2NO2S/c1-8-3-6-12(17-13(8)14(18)19-2)20-9-4-5-10(15)11(16)7-9/h3-7H,1-2H3. The van der Waals surface area contributed by atoms with E-state index >= 15 is 0 Å². The quantitative estimate of drug-likeness (QED) is 0.811. The Kier molecular flexibility index (Phi) is 4.34. The number of rotatable bonds is 3. The monoisotopic (exact) mass is 295 g/mol. The number of carbonyl (C=O) groups excluding carboxylic acids is 1. The van der Waals surface area contributed by atoms with Crippen LogP contribution in [0, 0.1) is 18.6 Å². The number of aromatic nitrogens is 1. The van der Waals surface area contributed by atoms with E-state index in [1.165, 1.54) is 13.2 Å². The average Bonchev–Trinajstić information content (AvgIpc) is 2.44. The highest BCUT2D eigenvalue weighted by Gasteiger charge is 2.13. The van der Waals surface area contributed by atoms with Crippen molar-refractivity contribution in [3.63, 3.8) is 0 Å². The van der Waals surface area contributed by atoms with Crippen LogP contribution < -0.4 is 0 Å². The molecule has 0 aliphatic carbocycles. The third kappa shape index (κ3) is 3.14. The first kappa shape index (κ1) is 14.5. The Hall–Kier alpha value is -1.95. The van der Waals surface area contributed by atoms with Crippen molar-refractivity contribution >= 4 is 17.7 Å². The van der Waals surface area contributed by atoms with Gasteiger partial charge in [0.2, 0.25) is 0 Å². The first-order chi connectivity index (χ1) is 9.51. The Balaban J connectivity index is 2.29. The van der Waals surface area contributed by atoms with Crippen LogP contribution >= 0.6 is 11.8 Å². The SMILES string of the molecule is COC(=O)c1nc(Sc2ccc(F)c(F)c2)ccc1C. The van der Waals surface area contributed by atoms with Gasteiger partial charge in [0.25, 0.3) is 0 Å². The molecule has 2 rings (SSSR count). The van der Waals surface area contributed by atoms with Gasteiger partial charge in [-0.3, -0.25) is 0 Å². The minimum Gasteiger partial charge on any atom is -0.464 e. The third-order valence-corrected chi connectivity index (χ3v) is 3.49. The summed E-state index contributed by atoms with van der Waals surface area (Å²) in [7, 11) is 1.28. The number of hydrogen-bond acceptors (Lipinski definition) is 4. The summed E-state index contributed by atoms with van der Waals surface area (Å²) in [6.07, 6.45) is 0. The zero-order chi connectivity index (χ0) is 14.7. The van der Waals surface area contributed by atoms with Crippen LogP contribution in [0.15, 0.2) is 40.3 Å². The molecular weight excluding hydrogens is 284 g/mol. The molecular formula is C14H11F2NO2S. The van der Waals surface area contributed by atoms with Gasteiger partial charge in [-0.2, -0.15) is 0 Å². The molecule has 0 N–H and O–H groups in total. The maximum atomic E-state index is 13.1. The molecule has 0 amide bonds. The van der Waals surface area contributed by atoms with Gasteiger partial charge in [-0.05, 0) is 36.8 Å². The molecule has 0 spiro atoms. The lowest BCUT2D eigenvalue weighted by atomic mass is 10.2. The van der Waals surface area contributed by atoms with E-state index in [4.69, 9.17) is 0 Å². The topological polar surface area (TPSA) is 39.2 Å². The van der Waals surface area contributed by atoms with Gasteiger partial charge in [0, 0.05) is 4.90 Å². The van der Waals surface area contributed by atoms with E-state index in [0.717, 1.165) is 23.9 Å². The minimum absolute atomic E-state index is 0.208. The van der Waals surface area contributed by atoms with Crippen molar-refractivity contribution in [3.05, 3.63) is 53.2 Å². The van der Waals surface area contributed by atoms with E-state index in [-0.39, 0.29) is 5.69 Å². The zero-order valence-electron chi connectivity index (χ0n) is 10.8. The molecule has 1 aromatic heterocycles. The highest BCUT2D eigenvalue weighted by molar-refractivity contribution is 7.99. The predicted octanol–water partition coefficient (Wildman–Crippen LogP) is 3.61. The molecule has 1 aromatic carbocycles. The van der Waals surface area contributed by atoms with Crippen molar-refractivity contribution in [1.82, 2.24) is 4.98 Å². The molecule has 0 fully saturated rings. The highest BCUT2D eigenvalue weighted by atomic mass is 32.2. The van der Waals surface area contributed by atoms with Gasteiger partial charge in [0.15, 0.2) is 17.3 Å². The maximum Gasteiger partial charge on any atom is 0.356 e. The van der Waals surface area contributed by atoms with Crippen LogP contribution in [-0.2, 0) is 4.74 Å². The molecule has 20 heavy (non-hydrogen) atoms. The minimum atomic E-state index is -0.921. The van der Waals surface area contributed by atoms with Gasteiger partial charge < -0.3 is 4.74 Å². The van der Waals surface area contributed by atoms with Gasteiger partial charge in [-0.25, -0.2) is 18.6 Å². The Morgan fingerprint density at radius 3 is 2.60 bits per heavy atom. The predicted molar refractivity (Wildman–Crippen MR) is 70.8 cm³/mol. The summed E-state index contributed by atoms with van der Waals surface area (Å²) in [5, 5.41) is 0.502. The molecule has 0 aliphatic heterocycles. The number of halogens is 2. The first-order valence-electron chi connectivity index (χ1n) is 5.70. The van der Waals surface area contributed by atoms with Crippen LogP contribution in [0.5, 0.6) is 0 Å². The van der Waals surface area contributed by atoms with Crippen LogP contribution in [0.1, 0.15) is 16.1 Å². The van der Waals surface area contributed by atoms with Gasteiger partial charge in [0.1, 0.15) is 5.03 Å². The average molecular weight is 295 g/mol. The molecule has 0 saturated carbocycles. The molecule has 2 aromatic rings. The van der Waals surface area contributed by atoms with Crippen LogP contribution in [0.25, 0.3) is 0 Å². The molecule has 0 bridgehead atoms. The Labute approximate surface area is 119 Å². The van der Waals surface area contributed by atoms with Crippen molar-refractivity contribution in [1.29, 1.82) is 0 Å². The zero-order valence-corrected chi connectivity index (χ0v) is 11.6. The molecule has 6 heteroatoms. The van der Waals surface area contributed by atoms with Crippen molar-refractivity contribution in [3.8, 4) is 0 Å². The maximum absolute atomic E-state index is 13.1. The van der Waals surface area contributed by atoms with E-state index < -0.39 is 17.6 Å². The molecule has 104 valence electrons. The van der Waals surface area contributed by atoms with Gasteiger partial charge in [-0.15, -0.1) is 0 Å². The number of hydrogen-bond donors (Lipinski definition) is 0. The van der Waals surface area contributed by atoms with Crippen LogP contribution in [0.2, 0.25) is 0 Å². The van der Waals surface area contributed by atoms with Gasteiger partial charge in [0.05, 0.1) is 7.11 Å². The molecule has 3 nitrogen and oxygen atoms in total. The van der Waals surface area contributed by atoms with Crippen molar-refractivity contribution in [2.24, 2.45) is 0 Å². The fourth-order valence-corrected chi connectivity index (χ4v) is 2.35. The number of nitrogens with zero attached hydrogens (tertiary/aromatic N) is 1. The number of carbonyl (C=O) groups is 1. The number of ether oxygens (including phenoxy) is 1. The van der Waals surface area contributed by atoms with E-state index in [2.05, 4.69) is 9.72 Å². The summed E-state index contributed by atoms with van der Waals surface area (Å²) in [5.41, 5.74) is 0.895. The third-order valence-electron chi connectivity index (χ3n) is 2.56. The molecule has 0 unspecified atom stereocenters. The lowest BCUT2D eigenvalue weighted by Crippen LogP contribution is -2.07. The van der Waals surface area contributed by atoms with E-state index in [9.17, 15) is 13.6 Å². The van der Waals surface area contributed by atoms with Gasteiger partial charge >= 0.3 is 5.97 Å². The number of methoxy groups -OCH3 is 1. The second kappa shape index (κ2) is 6.00. The molecule has 0 aliphatic rings. The van der Waals surface area contributed by atoms with E-state index in [1.54, 1.807) is 19.1 Å². The Morgan fingerprint density at radius 1 is 1.20 bits per heavy atom. The summed E-state index contributed by atoms with van der Waals surface area (Å²) in [4.78, 5) is 16.2. The van der Waals surface area contributed by atoms with E-state index in [1.807, 2.05) is 0 Å². The molecule has 1 heterocycles. The normalized spacial score (nSPS) is 10.4. The van der Waals surface area contributed by atoms with Crippen LogP contribution in [0.3, 0.4) is 0 Å². The molecule has 0 saturated heterocycles. The van der Waals surface area contributed by atoms with E-state index in [0.29, 0.717) is 15.5 Å². The fourth-order valence-electron chi connectivity index (χ4n) is 1.53. The van der Waals surface area contributed by atoms with Crippen molar-refractivity contribution in [2.75, 3.05) is 7.11 Å². The number of aryl methyl sites for hydroxylation is 1. The Bertz CT molecular complexity index is 662. The highest BCUT2D eigenvalue weighted by Crippen LogP contribution is 2.28. The molecule has 0 radical (unpaired) electrons. The van der Waals surface area contributed by atoms with Gasteiger partial charge in [-0.1, -0.05) is 17.8 Å². The summed E-state index contributed by atoms with van der Waals surface area (Å²) in [5.74, 6) is -2.35. The number of pyridine rings is 1. The lowest BCUT2D eigenvalue weighted by molar-refractivity contribution is 0.0592. The summed E-state index contributed by atoms with van der Waals surface area (Å²) < 4.78 is 30.6. The lowest BCUT2D eigenvalue weighted by Gasteiger charge is -2.06. The Morgan fingerprint density at radius 2 is 1.95 bits per heavy atom. The molecule has 0 atom stereocenters. The summed E-state index contributed by atoms with van der Waals surface area (Å²) in [6, 6.07) is 7.00. The largest absolute Gasteiger partial charge is 0.464 e. The smallest absolute Gasteiger partial charge is 0.356 e. The number of esters is 1.